The monoisotopic (exact) mass is 183 g/mol. The van der Waals surface area contributed by atoms with Crippen molar-refractivity contribution in [2.75, 3.05) is 0 Å². The second-order valence-electron chi connectivity index (χ2n) is 3.57. The third-order valence-corrected chi connectivity index (χ3v) is 2.75. The SMILES string of the molecule is O=C1CC=NC2=C1CC=C1C=CC=C12. The summed E-state index contributed by atoms with van der Waals surface area (Å²) in [7, 11) is 0. The van der Waals surface area contributed by atoms with Gasteiger partial charge in [0.15, 0.2) is 5.78 Å². The predicted molar refractivity (Wildman–Crippen MR) is 55.1 cm³/mol. The molecule has 2 aliphatic carbocycles. The Bertz CT molecular complexity index is 473. The molecule has 1 heterocycles. The van der Waals surface area contributed by atoms with Gasteiger partial charge in [0.25, 0.3) is 0 Å². The topological polar surface area (TPSA) is 29.4 Å². The Morgan fingerprint density at radius 1 is 1.29 bits per heavy atom. The second kappa shape index (κ2) is 2.64. The van der Waals surface area contributed by atoms with Crippen LogP contribution in [0.2, 0.25) is 0 Å². The lowest BCUT2D eigenvalue weighted by molar-refractivity contribution is -0.114. The van der Waals surface area contributed by atoms with E-state index in [4.69, 9.17) is 0 Å². The van der Waals surface area contributed by atoms with Crippen molar-refractivity contribution in [2.24, 2.45) is 4.99 Å². The molecule has 2 nitrogen and oxygen atoms in total. The van der Waals surface area contributed by atoms with Gasteiger partial charge in [-0.3, -0.25) is 9.79 Å². The molecule has 0 fully saturated rings. The Morgan fingerprint density at radius 3 is 3.14 bits per heavy atom. The molecule has 1 aliphatic heterocycles. The van der Waals surface area contributed by atoms with Gasteiger partial charge in [-0.25, -0.2) is 0 Å². The molecule has 0 saturated carbocycles. The molecule has 0 aromatic rings. The first kappa shape index (κ1) is 7.68. The average Bonchev–Trinajstić information content (AvgIpc) is 2.66. The highest BCUT2D eigenvalue weighted by Crippen LogP contribution is 2.36. The van der Waals surface area contributed by atoms with Crippen molar-refractivity contribution in [1.82, 2.24) is 0 Å². The fraction of sp³-hybridized carbons (Fsp3) is 0.167. The van der Waals surface area contributed by atoms with Crippen LogP contribution in [0.1, 0.15) is 12.8 Å². The van der Waals surface area contributed by atoms with Gasteiger partial charge in [0.2, 0.25) is 0 Å². The van der Waals surface area contributed by atoms with Crippen molar-refractivity contribution in [3.63, 3.8) is 0 Å². The second-order valence-corrected chi connectivity index (χ2v) is 3.57. The zero-order valence-corrected chi connectivity index (χ0v) is 7.66. The molecule has 0 spiro atoms. The van der Waals surface area contributed by atoms with E-state index in [9.17, 15) is 4.79 Å². The minimum Gasteiger partial charge on any atom is -0.294 e. The van der Waals surface area contributed by atoms with Crippen LogP contribution in [0.4, 0.5) is 0 Å². The van der Waals surface area contributed by atoms with E-state index in [1.807, 2.05) is 12.2 Å². The number of rotatable bonds is 0. The normalized spacial score (nSPS) is 23.3. The highest BCUT2D eigenvalue weighted by atomic mass is 16.1. The lowest BCUT2D eigenvalue weighted by Crippen LogP contribution is -2.14. The van der Waals surface area contributed by atoms with Crippen molar-refractivity contribution in [3.8, 4) is 0 Å². The average molecular weight is 183 g/mol. The number of carbonyl (C=O) groups excluding carboxylic acids is 1. The quantitative estimate of drug-likeness (QED) is 0.565. The van der Waals surface area contributed by atoms with E-state index in [0.29, 0.717) is 6.42 Å². The molecule has 0 saturated heterocycles. The first-order chi connectivity index (χ1) is 6.86. The van der Waals surface area contributed by atoms with Gasteiger partial charge in [-0.1, -0.05) is 24.3 Å². The number of nitrogens with zero attached hydrogens (tertiary/aromatic N) is 1. The van der Waals surface area contributed by atoms with Crippen LogP contribution in [0.3, 0.4) is 0 Å². The molecule has 0 atom stereocenters. The largest absolute Gasteiger partial charge is 0.294 e. The molecule has 0 aromatic heterocycles. The van der Waals surface area contributed by atoms with Crippen molar-refractivity contribution in [1.29, 1.82) is 0 Å². The molecular formula is C12H9NO. The number of carbonyl (C=O) groups is 1. The van der Waals surface area contributed by atoms with Gasteiger partial charge in [-0.05, 0) is 12.0 Å². The van der Waals surface area contributed by atoms with Crippen LogP contribution >= 0.6 is 0 Å². The molecule has 0 bridgehead atoms. The van der Waals surface area contributed by atoms with Crippen LogP contribution in [0.25, 0.3) is 0 Å². The Balaban J connectivity index is 2.16. The lowest BCUT2D eigenvalue weighted by atomic mass is 9.89. The van der Waals surface area contributed by atoms with Crippen LogP contribution in [-0.4, -0.2) is 12.0 Å². The number of allylic oxidation sites excluding steroid dienone is 6. The van der Waals surface area contributed by atoms with E-state index in [-0.39, 0.29) is 5.78 Å². The minimum atomic E-state index is 0.220. The first-order valence-corrected chi connectivity index (χ1v) is 4.74. The zero-order valence-electron chi connectivity index (χ0n) is 7.66. The van der Waals surface area contributed by atoms with Crippen molar-refractivity contribution in [2.45, 2.75) is 12.8 Å². The van der Waals surface area contributed by atoms with E-state index in [1.165, 1.54) is 5.57 Å². The van der Waals surface area contributed by atoms with Crippen LogP contribution in [0.5, 0.6) is 0 Å². The van der Waals surface area contributed by atoms with E-state index in [1.54, 1.807) is 6.21 Å². The number of hydrogen-bond acceptors (Lipinski definition) is 2. The molecule has 0 unspecified atom stereocenters. The Morgan fingerprint density at radius 2 is 2.21 bits per heavy atom. The van der Waals surface area contributed by atoms with Gasteiger partial charge in [-0.15, -0.1) is 0 Å². The molecule has 0 radical (unpaired) electrons. The maximum Gasteiger partial charge on any atom is 0.166 e. The number of fused-ring (bicyclic) bond motifs is 2. The highest BCUT2D eigenvalue weighted by Gasteiger charge is 2.25. The third kappa shape index (κ3) is 0.909. The molecule has 68 valence electrons. The van der Waals surface area contributed by atoms with Gasteiger partial charge >= 0.3 is 0 Å². The summed E-state index contributed by atoms with van der Waals surface area (Å²) in [4.78, 5) is 15.9. The molecule has 3 aliphatic rings. The van der Waals surface area contributed by atoms with Crippen molar-refractivity contribution < 1.29 is 4.79 Å². The number of aliphatic imine (C=N–C) groups is 1. The molecule has 0 aromatic carbocycles. The van der Waals surface area contributed by atoms with E-state index in [2.05, 4.69) is 17.1 Å². The van der Waals surface area contributed by atoms with Crippen LogP contribution in [-0.2, 0) is 4.79 Å². The fourth-order valence-corrected chi connectivity index (χ4v) is 2.04. The van der Waals surface area contributed by atoms with Gasteiger partial charge in [0.1, 0.15) is 0 Å². The summed E-state index contributed by atoms with van der Waals surface area (Å²) in [5.41, 5.74) is 4.08. The fourth-order valence-electron chi connectivity index (χ4n) is 2.04. The van der Waals surface area contributed by atoms with Gasteiger partial charge in [-0.2, -0.15) is 0 Å². The number of Topliss-reactive ketones (excluding diaryl/α,β-unsaturated/α-hetero) is 1. The van der Waals surface area contributed by atoms with Gasteiger partial charge in [0, 0.05) is 23.8 Å². The summed E-state index contributed by atoms with van der Waals surface area (Å²) in [6, 6.07) is 0. The Kier molecular flexibility index (Phi) is 1.45. The van der Waals surface area contributed by atoms with Gasteiger partial charge < -0.3 is 0 Å². The summed E-state index contributed by atoms with van der Waals surface area (Å²) in [5, 5.41) is 0. The first-order valence-electron chi connectivity index (χ1n) is 4.74. The summed E-state index contributed by atoms with van der Waals surface area (Å²) in [5.74, 6) is 0.220. The molecule has 14 heavy (non-hydrogen) atoms. The van der Waals surface area contributed by atoms with Crippen molar-refractivity contribution in [3.05, 3.63) is 46.7 Å². The van der Waals surface area contributed by atoms with E-state index < -0.39 is 0 Å². The number of ketones is 1. The van der Waals surface area contributed by atoms with E-state index >= 15 is 0 Å². The number of hydrogen-bond donors (Lipinski definition) is 0. The smallest absolute Gasteiger partial charge is 0.166 e. The van der Waals surface area contributed by atoms with Crippen LogP contribution in [0, 0.1) is 0 Å². The minimum absolute atomic E-state index is 0.220. The summed E-state index contributed by atoms with van der Waals surface area (Å²) < 4.78 is 0. The molecule has 3 rings (SSSR count). The predicted octanol–water partition coefficient (Wildman–Crippen LogP) is 2.11. The summed E-state index contributed by atoms with van der Waals surface area (Å²) in [6.45, 7) is 0. The van der Waals surface area contributed by atoms with Crippen molar-refractivity contribution >= 4 is 12.0 Å². The Labute approximate surface area is 82.0 Å². The Hall–Kier alpha value is -1.70. The molecular weight excluding hydrogens is 174 g/mol. The molecule has 0 N–H and O–H groups in total. The van der Waals surface area contributed by atoms with E-state index in [0.717, 1.165) is 23.3 Å². The maximum absolute atomic E-state index is 11.6. The lowest BCUT2D eigenvalue weighted by Gasteiger charge is -2.19. The zero-order chi connectivity index (χ0) is 9.54. The van der Waals surface area contributed by atoms with Crippen LogP contribution in [0.15, 0.2) is 51.7 Å². The summed E-state index contributed by atoms with van der Waals surface area (Å²) in [6.07, 6.45) is 11.1. The molecule has 0 amide bonds. The molecule has 2 heteroatoms. The van der Waals surface area contributed by atoms with Crippen LogP contribution < -0.4 is 0 Å². The maximum atomic E-state index is 11.6. The third-order valence-electron chi connectivity index (χ3n) is 2.75. The highest BCUT2D eigenvalue weighted by molar-refractivity contribution is 6.07. The summed E-state index contributed by atoms with van der Waals surface area (Å²) >= 11 is 0. The standard InChI is InChI=1S/C12H9NO/c14-11-6-7-13-12-9-3-1-2-8(9)4-5-10(11)12/h1-4,7H,5-6H2. The van der Waals surface area contributed by atoms with Gasteiger partial charge in [0.05, 0.1) is 5.70 Å².